The van der Waals surface area contributed by atoms with Gasteiger partial charge < -0.3 is 4.57 Å². The molecule has 0 saturated heterocycles. The number of rotatable bonds is 1. The monoisotopic (exact) mass is 178 g/mol. The Balaban J connectivity index is 0.000000671. The fourth-order valence-corrected chi connectivity index (χ4v) is 1.07. The number of aromatic nitrogens is 1. The van der Waals surface area contributed by atoms with E-state index in [1.54, 1.807) is 13.2 Å². The zero-order valence-electron chi connectivity index (χ0n) is 8.91. The van der Waals surface area contributed by atoms with Gasteiger partial charge in [0, 0.05) is 19.4 Å². The van der Waals surface area contributed by atoms with Crippen LogP contribution in [0, 0.1) is 6.92 Å². The smallest absolute Gasteiger partial charge is 0.134 e. The van der Waals surface area contributed by atoms with Crippen LogP contribution < -0.4 is 5.49 Å². The Morgan fingerprint density at radius 1 is 1.46 bits per heavy atom. The van der Waals surface area contributed by atoms with E-state index in [9.17, 15) is 0 Å². The first kappa shape index (κ1) is 11.7. The minimum absolute atomic E-state index is 0.961. The van der Waals surface area contributed by atoms with Gasteiger partial charge in [-0.15, -0.1) is 0 Å². The van der Waals surface area contributed by atoms with Crippen LogP contribution in [-0.4, -0.2) is 11.6 Å². The SMILES string of the molecule is C=Cn1cccc(C)c1=NC.CC. The van der Waals surface area contributed by atoms with Crippen molar-refractivity contribution in [1.82, 2.24) is 4.57 Å². The van der Waals surface area contributed by atoms with Crippen LogP contribution in [0.2, 0.25) is 0 Å². The molecule has 0 atom stereocenters. The Morgan fingerprint density at radius 2 is 2.08 bits per heavy atom. The number of pyridine rings is 1. The molecule has 0 saturated carbocycles. The molecule has 0 bridgehead atoms. The van der Waals surface area contributed by atoms with Crippen molar-refractivity contribution in [3.63, 3.8) is 0 Å². The van der Waals surface area contributed by atoms with Crippen LogP contribution in [0.4, 0.5) is 0 Å². The van der Waals surface area contributed by atoms with Gasteiger partial charge in [-0.1, -0.05) is 26.5 Å². The lowest BCUT2D eigenvalue weighted by atomic mass is 10.3. The van der Waals surface area contributed by atoms with E-state index in [1.807, 2.05) is 43.7 Å². The van der Waals surface area contributed by atoms with Gasteiger partial charge in [0.05, 0.1) is 0 Å². The molecule has 1 rings (SSSR count). The zero-order valence-corrected chi connectivity index (χ0v) is 8.91. The summed E-state index contributed by atoms with van der Waals surface area (Å²) in [6.45, 7) is 9.71. The highest BCUT2D eigenvalue weighted by atomic mass is 15.0. The molecule has 1 aromatic rings. The maximum atomic E-state index is 4.13. The Bertz CT molecular complexity index is 321. The van der Waals surface area contributed by atoms with Gasteiger partial charge in [0.1, 0.15) is 5.49 Å². The fraction of sp³-hybridized carbons (Fsp3) is 0.364. The molecule has 2 nitrogen and oxygen atoms in total. The highest BCUT2D eigenvalue weighted by Gasteiger charge is 1.89. The van der Waals surface area contributed by atoms with E-state index in [0.29, 0.717) is 0 Å². The van der Waals surface area contributed by atoms with Gasteiger partial charge >= 0.3 is 0 Å². The van der Waals surface area contributed by atoms with Crippen molar-refractivity contribution in [2.75, 3.05) is 7.05 Å². The van der Waals surface area contributed by atoms with Gasteiger partial charge in [-0.3, -0.25) is 4.99 Å². The average molecular weight is 178 g/mol. The molecule has 72 valence electrons. The predicted molar refractivity (Wildman–Crippen MR) is 58.4 cm³/mol. The Morgan fingerprint density at radius 3 is 2.46 bits per heavy atom. The Hall–Kier alpha value is -1.31. The zero-order chi connectivity index (χ0) is 10.3. The van der Waals surface area contributed by atoms with Crippen molar-refractivity contribution in [1.29, 1.82) is 0 Å². The average Bonchev–Trinajstić information content (AvgIpc) is 2.20. The van der Waals surface area contributed by atoms with Gasteiger partial charge in [0.2, 0.25) is 0 Å². The highest BCUT2D eigenvalue weighted by Crippen LogP contribution is 1.88. The highest BCUT2D eigenvalue weighted by molar-refractivity contribution is 5.20. The number of nitrogens with zero attached hydrogens (tertiary/aromatic N) is 2. The molecule has 0 amide bonds. The Labute approximate surface area is 80.3 Å². The number of aryl methyl sites for hydroxylation is 1. The topological polar surface area (TPSA) is 17.3 Å². The lowest BCUT2D eigenvalue weighted by Gasteiger charge is -2.01. The second kappa shape index (κ2) is 6.23. The largest absolute Gasteiger partial charge is 0.309 e. The molecule has 0 aliphatic heterocycles. The normalized spacial score (nSPS) is 10.3. The van der Waals surface area contributed by atoms with Crippen molar-refractivity contribution in [2.45, 2.75) is 20.8 Å². The maximum Gasteiger partial charge on any atom is 0.134 e. The van der Waals surface area contributed by atoms with Crippen LogP contribution in [0.25, 0.3) is 6.20 Å². The van der Waals surface area contributed by atoms with E-state index in [1.165, 1.54) is 0 Å². The van der Waals surface area contributed by atoms with Gasteiger partial charge in [-0.25, -0.2) is 0 Å². The van der Waals surface area contributed by atoms with Gasteiger partial charge in [-0.2, -0.15) is 0 Å². The van der Waals surface area contributed by atoms with Gasteiger partial charge in [-0.05, 0) is 18.6 Å². The summed E-state index contributed by atoms with van der Waals surface area (Å²) in [6.07, 6.45) is 3.68. The molecule has 0 fully saturated rings. The van der Waals surface area contributed by atoms with Crippen molar-refractivity contribution in [3.05, 3.63) is 36.0 Å². The van der Waals surface area contributed by atoms with Crippen LogP contribution in [0.3, 0.4) is 0 Å². The summed E-state index contributed by atoms with van der Waals surface area (Å²) in [5.41, 5.74) is 2.12. The molecule has 13 heavy (non-hydrogen) atoms. The van der Waals surface area contributed by atoms with E-state index in [0.717, 1.165) is 11.1 Å². The summed E-state index contributed by atoms with van der Waals surface area (Å²) in [4.78, 5) is 4.13. The minimum atomic E-state index is 0.961. The first-order valence-electron chi connectivity index (χ1n) is 4.52. The molecule has 0 N–H and O–H groups in total. The lowest BCUT2D eigenvalue weighted by Crippen LogP contribution is -2.18. The van der Waals surface area contributed by atoms with Crippen LogP contribution in [0.5, 0.6) is 0 Å². The summed E-state index contributed by atoms with van der Waals surface area (Å²) >= 11 is 0. The van der Waals surface area contributed by atoms with Gasteiger partial charge in [0.25, 0.3) is 0 Å². The van der Waals surface area contributed by atoms with Crippen LogP contribution in [0.1, 0.15) is 19.4 Å². The maximum absolute atomic E-state index is 4.13. The number of hydrogen-bond acceptors (Lipinski definition) is 1. The van der Waals surface area contributed by atoms with Crippen LogP contribution >= 0.6 is 0 Å². The standard InChI is InChI=1S/C9H12N2.C2H6/c1-4-11-7-5-6-8(2)9(11)10-3;1-2/h4-7H,1H2,2-3H3;1-2H3. The minimum Gasteiger partial charge on any atom is -0.309 e. The molecular formula is C11H18N2. The fourth-order valence-electron chi connectivity index (χ4n) is 1.07. The van der Waals surface area contributed by atoms with Crippen molar-refractivity contribution in [2.24, 2.45) is 4.99 Å². The molecule has 0 aliphatic rings. The van der Waals surface area contributed by atoms with Crippen molar-refractivity contribution in [3.8, 4) is 0 Å². The predicted octanol–water partition coefficient (Wildman–Crippen LogP) is 2.45. The molecule has 0 aromatic carbocycles. The summed E-state index contributed by atoms with van der Waals surface area (Å²) in [5.74, 6) is 0. The molecule has 0 radical (unpaired) electrons. The second-order valence-electron chi connectivity index (χ2n) is 2.33. The molecule has 2 heteroatoms. The molecule has 1 heterocycles. The first-order valence-corrected chi connectivity index (χ1v) is 4.52. The van der Waals surface area contributed by atoms with E-state index in [4.69, 9.17) is 0 Å². The summed E-state index contributed by atoms with van der Waals surface area (Å²) < 4.78 is 1.90. The molecule has 0 spiro atoms. The van der Waals surface area contributed by atoms with E-state index in [2.05, 4.69) is 11.6 Å². The van der Waals surface area contributed by atoms with E-state index in [-0.39, 0.29) is 0 Å². The van der Waals surface area contributed by atoms with Gasteiger partial charge in [0.15, 0.2) is 0 Å². The molecular weight excluding hydrogens is 160 g/mol. The molecule has 0 unspecified atom stereocenters. The van der Waals surface area contributed by atoms with Crippen LogP contribution in [0.15, 0.2) is 29.9 Å². The third kappa shape index (κ3) is 2.90. The molecule has 1 aromatic heterocycles. The Kier molecular flexibility index (Phi) is 5.60. The van der Waals surface area contributed by atoms with Crippen molar-refractivity contribution >= 4 is 6.20 Å². The summed E-state index contributed by atoms with van der Waals surface area (Å²) in [6, 6.07) is 4.01. The van der Waals surface area contributed by atoms with Crippen LogP contribution in [-0.2, 0) is 0 Å². The second-order valence-corrected chi connectivity index (χ2v) is 2.33. The third-order valence-electron chi connectivity index (χ3n) is 1.60. The van der Waals surface area contributed by atoms with E-state index < -0.39 is 0 Å². The summed E-state index contributed by atoms with van der Waals surface area (Å²) in [5, 5.41) is 0. The molecule has 0 aliphatic carbocycles. The van der Waals surface area contributed by atoms with Crippen molar-refractivity contribution < 1.29 is 0 Å². The first-order chi connectivity index (χ1) is 6.29. The summed E-state index contributed by atoms with van der Waals surface area (Å²) in [7, 11) is 1.78. The third-order valence-corrected chi connectivity index (χ3v) is 1.60. The lowest BCUT2D eigenvalue weighted by molar-refractivity contribution is 0.967. The van der Waals surface area contributed by atoms with E-state index >= 15 is 0 Å². The number of hydrogen-bond donors (Lipinski definition) is 0. The quantitative estimate of drug-likeness (QED) is 0.628.